The number of piperazine rings is 1. The van der Waals surface area contributed by atoms with Gasteiger partial charge >= 0.3 is 0 Å². The topological polar surface area (TPSA) is 15.3 Å². The Morgan fingerprint density at radius 2 is 1.74 bits per heavy atom. The van der Waals surface area contributed by atoms with E-state index < -0.39 is 11.6 Å². The van der Waals surface area contributed by atoms with Gasteiger partial charge in [-0.25, -0.2) is 8.78 Å². The van der Waals surface area contributed by atoms with Crippen molar-refractivity contribution in [3.05, 3.63) is 35.4 Å². The van der Waals surface area contributed by atoms with Crippen LogP contribution in [-0.2, 0) is 0 Å². The van der Waals surface area contributed by atoms with E-state index in [0.717, 1.165) is 39.0 Å². The van der Waals surface area contributed by atoms with Crippen LogP contribution in [0, 0.1) is 17.6 Å². The fourth-order valence-corrected chi connectivity index (χ4v) is 3.23. The van der Waals surface area contributed by atoms with Crippen molar-refractivity contribution in [1.29, 1.82) is 0 Å². The lowest BCUT2D eigenvalue weighted by Crippen LogP contribution is -2.48. The Hall–Kier alpha value is -1.00. The summed E-state index contributed by atoms with van der Waals surface area (Å²) in [6.07, 6.45) is 3.36. The molecule has 0 spiro atoms. The number of hydrogen-bond acceptors (Lipinski definition) is 2. The van der Waals surface area contributed by atoms with Gasteiger partial charge in [-0.3, -0.25) is 4.90 Å². The molecule has 1 atom stereocenters. The molecule has 104 valence electrons. The van der Waals surface area contributed by atoms with Crippen LogP contribution in [0.5, 0.6) is 0 Å². The molecule has 0 unspecified atom stereocenters. The molecule has 0 aromatic heterocycles. The lowest BCUT2D eigenvalue weighted by Gasteiger charge is -2.43. The van der Waals surface area contributed by atoms with Gasteiger partial charge in [0.25, 0.3) is 0 Å². The van der Waals surface area contributed by atoms with Crippen molar-refractivity contribution in [2.24, 2.45) is 5.92 Å². The first-order chi connectivity index (χ1) is 9.27. The fourth-order valence-electron chi connectivity index (χ4n) is 3.23. The summed E-state index contributed by atoms with van der Waals surface area (Å²) in [5.74, 6) is -0.379. The first-order valence-corrected chi connectivity index (χ1v) is 7.16. The standard InChI is InChI=1S/C15H20F2N2/c16-12-5-2-6-13(17)14(12)15(11-3-1-4-11)19-9-7-18-8-10-19/h2,5-6,11,15,18H,1,3-4,7-10H2/t15-/m1/s1. The lowest BCUT2D eigenvalue weighted by atomic mass is 9.76. The summed E-state index contributed by atoms with van der Waals surface area (Å²) in [7, 11) is 0. The lowest BCUT2D eigenvalue weighted by molar-refractivity contribution is 0.0784. The van der Waals surface area contributed by atoms with E-state index in [1.807, 2.05) is 0 Å². The highest BCUT2D eigenvalue weighted by atomic mass is 19.1. The molecule has 3 rings (SSSR count). The fraction of sp³-hybridized carbons (Fsp3) is 0.600. The minimum atomic E-state index is -0.393. The van der Waals surface area contributed by atoms with Crippen LogP contribution >= 0.6 is 0 Å². The third kappa shape index (κ3) is 2.51. The molecule has 1 aliphatic carbocycles. The number of hydrogen-bond donors (Lipinski definition) is 1. The molecule has 2 nitrogen and oxygen atoms in total. The second-order valence-electron chi connectivity index (χ2n) is 5.56. The van der Waals surface area contributed by atoms with Gasteiger partial charge in [-0.15, -0.1) is 0 Å². The largest absolute Gasteiger partial charge is 0.314 e. The molecule has 1 aromatic carbocycles. The van der Waals surface area contributed by atoms with Gasteiger partial charge in [0.05, 0.1) is 0 Å². The van der Waals surface area contributed by atoms with Crippen LogP contribution in [0.25, 0.3) is 0 Å². The van der Waals surface area contributed by atoms with Gasteiger partial charge in [-0.2, -0.15) is 0 Å². The van der Waals surface area contributed by atoms with Crippen molar-refractivity contribution in [2.75, 3.05) is 26.2 Å². The molecule has 1 heterocycles. The normalized spacial score (nSPS) is 23.1. The first-order valence-electron chi connectivity index (χ1n) is 7.16. The van der Waals surface area contributed by atoms with E-state index in [4.69, 9.17) is 0 Å². The van der Waals surface area contributed by atoms with Crippen molar-refractivity contribution in [2.45, 2.75) is 25.3 Å². The monoisotopic (exact) mass is 266 g/mol. The molecule has 1 N–H and O–H groups in total. The Bertz CT molecular complexity index is 420. The van der Waals surface area contributed by atoms with Gasteiger partial charge in [0.15, 0.2) is 0 Å². The molecule has 19 heavy (non-hydrogen) atoms. The van der Waals surface area contributed by atoms with Crippen LogP contribution in [0.15, 0.2) is 18.2 Å². The summed E-state index contributed by atoms with van der Waals surface area (Å²) in [5, 5.41) is 3.30. The van der Waals surface area contributed by atoms with Gasteiger partial charge in [-0.1, -0.05) is 12.5 Å². The molecule has 0 amide bonds. The predicted octanol–water partition coefficient (Wildman–Crippen LogP) is 2.71. The average molecular weight is 266 g/mol. The van der Waals surface area contributed by atoms with Crippen LogP contribution < -0.4 is 5.32 Å². The highest BCUT2D eigenvalue weighted by Crippen LogP contribution is 2.43. The molecule has 2 aliphatic rings. The maximum atomic E-state index is 14.1. The van der Waals surface area contributed by atoms with Crippen LogP contribution in [0.2, 0.25) is 0 Å². The molecule has 1 aromatic rings. The Labute approximate surface area is 112 Å². The summed E-state index contributed by atoms with van der Waals surface area (Å²) in [4.78, 5) is 2.25. The average Bonchev–Trinajstić information content (AvgIpc) is 2.36. The van der Waals surface area contributed by atoms with Gasteiger partial charge < -0.3 is 5.32 Å². The van der Waals surface area contributed by atoms with Crippen LogP contribution in [-0.4, -0.2) is 31.1 Å². The molecule has 1 saturated carbocycles. The highest BCUT2D eigenvalue weighted by Gasteiger charge is 2.36. The highest BCUT2D eigenvalue weighted by molar-refractivity contribution is 5.25. The van der Waals surface area contributed by atoms with E-state index in [1.54, 1.807) is 0 Å². The molecular formula is C15H20F2N2. The number of halogens is 2. The number of rotatable bonds is 3. The van der Waals surface area contributed by atoms with Crippen LogP contribution in [0.4, 0.5) is 8.78 Å². The van der Waals surface area contributed by atoms with Gasteiger partial charge in [0, 0.05) is 37.8 Å². The SMILES string of the molecule is Fc1cccc(F)c1[C@@H](C1CCC1)N1CCNCC1. The first kappa shape index (κ1) is 13.0. The second-order valence-corrected chi connectivity index (χ2v) is 5.56. The van der Waals surface area contributed by atoms with Crippen LogP contribution in [0.1, 0.15) is 30.9 Å². The summed E-state index contributed by atoms with van der Waals surface area (Å²) >= 11 is 0. The van der Waals surface area contributed by atoms with Crippen molar-refractivity contribution in [3.8, 4) is 0 Å². The Balaban J connectivity index is 1.93. The molecule has 1 aliphatic heterocycles. The van der Waals surface area contributed by atoms with Crippen molar-refractivity contribution in [3.63, 3.8) is 0 Å². The molecular weight excluding hydrogens is 246 g/mol. The molecule has 2 fully saturated rings. The minimum absolute atomic E-state index is 0.0861. The van der Waals surface area contributed by atoms with E-state index in [-0.39, 0.29) is 11.6 Å². The Morgan fingerprint density at radius 3 is 2.26 bits per heavy atom. The zero-order chi connectivity index (χ0) is 13.2. The summed E-state index contributed by atoms with van der Waals surface area (Å²) in [6.45, 7) is 3.54. The van der Waals surface area contributed by atoms with Gasteiger partial charge in [-0.05, 0) is 30.9 Å². The number of nitrogens with one attached hydrogen (secondary N) is 1. The maximum absolute atomic E-state index is 14.1. The summed E-state index contributed by atoms with van der Waals surface area (Å²) in [6, 6.07) is 4.12. The summed E-state index contributed by atoms with van der Waals surface area (Å²) in [5.41, 5.74) is 0.286. The van der Waals surface area contributed by atoms with E-state index in [9.17, 15) is 8.78 Å². The van der Waals surface area contributed by atoms with E-state index in [0.29, 0.717) is 5.92 Å². The van der Waals surface area contributed by atoms with Crippen LogP contribution in [0.3, 0.4) is 0 Å². The Morgan fingerprint density at radius 1 is 1.11 bits per heavy atom. The van der Waals surface area contributed by atoms with E-state index in [1.165, 1.54) is 24.6 Å². The third-order valence-electron chi connectivity index (χ3n) is 4.44. The van der Waals surface area contributed by atoms with E-state index >= 15 is 0 Å². The molecule has 0 bridgehead atoms. The summed E-state index contributed by atoms with van der Waals surface area (Å²) < 4.78 is 28.2. The minimum Gasteiger partial charge on any atom is -0.314 e. The number of nitrogens with zero attached hydrogens (tertiary/aromatic N) is 1. The third-order valence-corrected chi connectivity index (χ3v) is 4.44. The Kier molecular flexibility index (Phi) is 3.80. The zero-order valence-electron chi connectivity index (χ0n) is 11.0. The second kappa shape index (κ2) is 5.55. The quantitative estimate of drug-likeness (QED) is 0.905. The van der Waals surface area contributed by atoms with Crippen molar-refractivity contribution in [1.82, 2.24) is 10.2 Å². The molecule has 1 saturated heterocycles. The number of benzene rings is 1. The van der Waals surface area contributed by atoms with Crippen molar-refractivity contribution < 1.29 is 8.78 Å². The molecule has 0 radical (unpaired) electrons. The predicted molar refractivity (Wildman–Crippen MR) is 70.9 cm³/mol. The van der Waals surface area contributed by atoms with Crippen molar-refractivity contribution >= 4 is 0 Å². The van der Waals surface area contributed by atoms with Gasteiger partial charge in [0.2, 0.25) is 0 Å². The maximum Gasteiger partial charge on any atom is 0.130 e. The zero-order valence-corrected chi connectivity index (χ0v) is 11.0. The molecule has 4 heteroatoms. The smallest absolute Gasteiger partial charge is 0.130 e. The van der Waals surface area contributed by atoms with Gasteiger partial charge in [0.1, 0.15) is 11.6 Å². The van der Waals surface area contributed by atoms with E-state index in [2.05, 4.69) is 10.2 Å².